The van der Waals surface area contributed by atoms with Crippen molar-refractivity contribution in [1.82, 2.24) is 10.5 Å². The van der Waals surface area contributed by atoms with E-state index in [-0.39, 0.29) is 5.91 Å². The van der Waals surface area contributed by atoms with E-state index in [4.69, 9.17) is 9.25 Å². The van der Waals surface area contributed by atoms with Gasteiger partial charge in [0.15, 0.2) is 0 Å². The second-order valence-corrected chi connectivity index (χ2v) is 3.70. The minimum absolute atomic E-state index is 0.268. The summed E-state index contributed by atoms with van der Waals surface area (Å²) in [6.45, 7) is 0.442. The average Bonchev–Trinajstić information content (AvgIpc) is 2.92. The number of amides is 1. The fraction of sp³-hybridized carbons (Fsp3) is 0.231. The van der Waals surface area contributed by atoms with Crippen LogP contribution in [-0.4, -0.2) is 17.5 Å². The van der Waals surface area contributed by atoms with Gasteiger partial charge in [-0.1, -0.05) is 0 Å². The Bertz CT molecular complexity index is 468. The van der Waals surface area contributed by atoms with Gasteiger partial charge in [0, 0.05) is 24.4 Å². The monoisotopic (exact) mass is 246 g/mol. The van der Waals surface area contributed by atoms with Crippen LogP contribution in [0.3, 0.4) is 0 Å². The third-order valence-corrected chi connectivity index (χ3v) is 2.36. The summed E-state index contributed by atoms with van der Waals surface area (Å²) in [5.74, 6) is 0.648. The minimum Gasteiger partial charge on any atom is -0.469 e. The molecule has 0 saturated heterocycles. The number of carbonyl (C=O) groups excluding carboxylic acids is 1. The summed E-state index contributed by atoms with van der Waals surface area (Å²) < 4.78 is 5.18. The zero-order chi connectivity index (χ0) is 12.6. The molecule has 0 atom stereocenters. The number of aryl methyl sites for hydroxylation is 1. The molecule has 0 unspecified atom stereocenters. The number of carbonyl (C=O) groups is 1. The van der Waals surface area contributed by atoms with E-state index in [1.165, 1.54) is 0 Å². The first kappa shape index (κ1) is 12.3. The molecule has 18 heavy (non-hydrogen) atoms. The molecule has 0 aliphatic heterocycles. The molecule has 0 spiro atoms. The summed E-state index contributed by atoms with van der Waals surface area (Å²) in [5.41, 5.74) is 2.91. The van der Waals surface area contributed by atoms with E-state index < -0.39 is 0 Å². The Kier molecular flexibility index (Phi) is 4.49. The van der Waals surface area contributed by atoms with Crippen molar-refractivity contribution in [2.75, 3.05) is 6.61 Å². The number of pyridine rings is 1. The first-order valence-electron chi connectivity index (χ1n) is 5.71. The average molecular weight is 246 g/mol. The SMILES string of the molecule is O=C(NOCCCc1ccco1)c1ccncc1. The lowest BCUT2D eigenvalue weighted by atomic mass is 10.2. The molecule has 5 heteroatoms. The minimum atomic E-state index is -0.268. The third kappa shape index (κ3) is 3.71. The highest BCUT2D eigenvalue weighted by molar-refractivity contribution is 5.93. The summed E-state index contributed by atoms with van der Waals surface area (Å²) in [4.78, 5) is 20.5. The predicted molar refractivity (Wildman–Crippen MR) is 64.7 cm³/mol. The van der Waals surface area contributed by atoms with Gasteiger partial charge < -0.3 is 4.42 Å². The molecule has 1 amide bonds. The Morgan fingerprint density at radius 3 is 2.89 bits per heavy atom. The number of hydrogen-bond acceptors (Lipinski definition) is 4. The van der Waals surface area contributed by atoms with Gasteiger partial charge >= 0.3 is 0 Å². The molecule has 0 fully saturated rings. The van der Waals surface area contributed by atoms with Gasteiger partial charge in [-0.3, -0.25) is 14.6 Å². The number of aromatic nitrogens is 1. The van der Waals surface area contributed by atoms with Gasteiger partial charge in [-0.05, 0) is 30.7 Å². The van der Waals surface area contributed by atoms with Crippen LogP contribution in [0.15, 0.2) is 47.3 Å². The molecule has 5 nitrogen and oxygen atoms in total. The Morgan fingerprint density at radius 1 is 1.33 bits per heavy atom. The van der Waals surface area contributed by atoms with Crippen molar-refractivity contribution in [1.29, 1.82) is 0 Å². The highest BCUT2D eigenvalue weighted by Crippen LogP contribution is 2.03. The van der Waals surface area contributed by atoms with Crippen molar-refractivity contribution < 1.29 is 14.0 Å². The van der Waals surface area contributed by atoms with Gasteiger partial charge in [0.25, 0.3) is 5.91 Å². The smallest absolute Gasteiger partial charge is 0.274 e. The number of nitrogens with one attached hydrogen (secondary N) is 1. The Hall–Kier alpha value is -2.14. The van der Waals surface area contributed by atoms with Gasteiger partial charge in [0.2, 0.25) is 0 Å². The summed E-state index contributed by atoms with van der Waals surface area (Å²) >= 11 is 0. The van der Waals surface area contributed by atoms with Crippen molar-refractivity contribution in [2.45, 2.75) is 12.8 Å². The van der Waals surface area contributed by atoms with Crippen LogP contribution in [0, 0.1) is 0 Å². The molecule has 2 aromatic heterocycles. The fourth-order valence-electron chi connectivity index (χ4n) is 1.45. The lowest BCUT2D eigenvalue weighted by Crippen LogP contribution is -2.24. The van der Waals surface area contributed by atoms with Crippen molar-refractivity contribution in [3.05, 3.63) is 54.2 Å². The summed E-state index contributed by atoms with van der Waals surface area (Å²) in [5, 5.41) is 0. The van der Waals surface area contributed by atoms with Crippen LogP contribution in [0.5, 0.6) is 0 Å². The van der Waals surface area contributed by atoms with Gasteiger partial charge in [-0.15, -0.1) is 0 Å². The molecule has 1 N–H and O–H groups in total. The molecule has 2 aromatic rings. The van der Waals surface area contributed by atoms with Crippen LogP contribution < -0.4 is 5.48 Å². The molecule has 2 heterocycles. The van der Waals surface area contributed by atoms with Crippen molar-refractivity contribution in [3.63, 3.8) is 0 Å². The third-order valence-electron chi connectivity index (χ3n) is 2.36. The molecule has 0 aliphatic carbocycles. The Balaban J connectivity index is 1.62. The van der Waals surface area contributed by atoms with Crippen molar-refractivity contribution in [3.8, 4) is 0 Å². The second kappa shape index (κ2) is 6.56. The standard InChI is InChI=1S/C13H14N2O3/c16-13(11-5-7-14-8-6-11)15-18-10-2-4-12-3-1-9-17-12/h1,3,5-9H,2,4,10H2,(H,15,16). The first-order valence-corrected chi connectivity index (χ1v) is 5.71. The second-order valence-electron chi connectivity index (χ2n) is 3.70. The molecule has 2 rings (SSSR count). The lowest BCUT2D eigenvalue weighted by Gasteiger charge is -2.04. The maximum atomic E-state index is 11.6. The van der Waals surface area contributed by atoms with Gasteiger partial charge in [-0.2, -0.15) is 0 Å². The zero-order valence-corrected chi connectivity index (χ0v) is 9.83. The zero-order valence-electron chi connectivity index (χ0n) is 9.83. The van der Waals surface area contributed by atoms with Crippen LogP contribution in [0.1, 0.15) is 22.5 Å². The van der Waals surface area contributed by atoms with E-state index in [0.717, 1.165) is 18.6 Å². The number of hydroxylamine groups is 1. The van der Waals surface area contributed by atoms with Crippen LogP contribution in [0.25, 0.3) is 0 Å². The number of hydrogen-bond donors (Lipinski definition) is 1. The van der Waals surface area contributed by atoms with Crippen molar-refractivity contribution in [2.24, 2.45) is 0 Å². The summed E-state index contributed by atoms with van der Waals surface area (Å²) in [6.07, 6.45) is 6.33. The van der Waals surface area contributed by atoms with Gasteiger partial charge in [-0.25, -0.2) is 5.48 Å². The maximum absolute atomic E-state index is 11.6. The molecule has 0 radical (unpaired) electrons. The van der Waals surface area contributed by atoms with Crippen molar-refractivity contribution >= 4 is 5.91 Å². The molecule has 0 bridgehead atoms. The predicted octanol–water partition coefficient (Wildman–Crippen LogP) is 1.97. The topological polar surface area (TPSA) is 64.4 Å². The fourth-order valence-corrected chi connectivity index (χ4v) is 1.45. The summed E-state index contributed by atoms with van der Waals surface area (Å²) in [6, 6.07) is 7.01. The van der Waals surface area contributed by atoms with E-state index in [1.807, 2.05) is 12.1 Å². The molecule has 0 saturated carbocycles. The van der Waals surface area contributed by atoms with E-state index in [9.17, 15) is 4.79 Å². The highest BCUT2D eigenvalue weighted by atomic mass is 16.6. The van der Waals surface area contributed by atoms with Gasteiger partial charge in [0.05, 0.1) is 12.9 Å². The molecular weight excluding hydrogens is 232 g/mol. The van der Waals surface area contributed by atoms with E-state index >= 15 is 0 Å². The van der Waals surface area contributed by atoms with Crippen LogP contribution in [0.4, 0.5) is 0 Å². The molecule has 0 aliphatic rings. The molecule has 0 aromatic carbocycles. The Morgan fingerprint density at radius 2 is 2.17 bits per heavy atom. The number of nitrogens with zero attached hydrogens (tertiary/aromatic N) is 1. The van der Waals surface area contributed by atoms with E-state index in [1.54, 1.807) is 30.8 Å². The number of furan rings is 1. The number of rotatable bonds is 6. The first-order chi connectivity index (χ1) is 8.86. The quantitative estimate of drug-likeness (QED) is 0.625. The lowest BCUT2D eigenvalue weighted by molar-refractivity contribution is 0.0301. The van der Waals surface area contributed by atoms with Crippen LogP contribution in [-0.2, 0) is 11.3 Å². The van der Waals surface area contributed by atoms with Crippen LogP contribution >= 0.6 is 0 Å². The van der Waals surface area contributed by atoms with Gasteiger partial charge in [0.1, 0.15) is 5.76 Å². The van der Waals surface area contributed by atoms with Crippen LogP contribution in [0.2, 0.25) is 0 Å². The van der Waals surface area contributed by atoms with E-state index in [0.29, 0.717) is 12.2 Å². The molecule has 94 valence electrons. The Labute approximate surface area is 105 Å². The maximum Gasteiger partial charge on any atom is 0.274 e. The highest BCUT2D eigenvalue weighted by Gasteiger charge is 2.03. The normalized spacial score (nSPS) is 10.2. The molecular formula is C13H14N2O3. The van der Waals surface area contributed by atoms with E-state index in [2.05, 4.69) is 10.5 Å². The summed E-state index contributed by atoms with van der Waals surface area (Å²) in [7, 11) is 0. The largest absolute Gasteiger partial charge is 0.469 e.